The second-order valence-electron chi connectivity index (χ2n) is 3.61. The van der Waals surface area contributed by atoms with E-state index in [2.05, 4.69) is 29.6 Å². The van der Waals surface area contributed by atoms with E-state index < -0.39 is 0 Å². The molecule has 0 saturated carbocycles. The zero-order chi connectivity index (χ0) is 10.6. The molecule has 0 aliphatic carbocycles. The Morgan fingerprint density at radius 3 is 2.80 bits per heavy atom. The van der Waals surface area contributed by atoms with Crippen LogP contribution in [0.4, 0.5) is 0 Å². The molecule has 0 bridgehead atoms. The molecular weight excluding hydrogens is 206 g/mol. The topological polar surface area (TPSA) is 21.3 Å². The Kier molecular flexibility index (Phi) is 3.67. The molecule has 0 aromatic heterocycles. The predicted molar refractivity (Wildman–Crippen MR) is 65.1 cm³/mol. The Morgan fingerprint density at radius 1 is 1.40 bits per heavy atom. The largest absolute Gasteiger partial charge is 0.356 e. The molecule has 15 heavy (non-hydrogen) atoms. The van der Waals surface area contributed by atoms with E-state index in [9.17, 15) is 0 Å². The van der Waals surface area contributed by atoms with Crippen LogP contribution in [0.1, 0.15) is 12.5 Å². The molecule has 1 saturated heterocycles. The average Bonchev–Trinajstić information content (AvgIpc) is 2.32. The second-order valence-corrected chi connectivity index (χ2v) is 4.71. The summed E-state index contributed by atoms with van der Waals surface area (Å²) in [5, 5.41) is 3.51. The van der Waals surface area contributed by atoms with Crippen molar-refractivity contribution in [2.24, 2.45) is 0 Å². The standard InChI is InChI=1S/C12H17NOS/c1-2-14-12(10-15-9-8-13-12)11-6-4-3-5-7-11/h3-7,13H,2,8-10H2,1H3. The van der Waals surface area contributed by atoms with E-state index >= 15 is 0 Å². The van der Waals surface area contributed by atoms with Crippen molar-refractivity contribution in [2.75, 3.05) is 24.7 Å². The van der Waals surface area contributed by atoms with Gasteiger partial charge in [0.15, 0.2) is 5.72 Å². The minimum Gasteiger partial charge on any atom is -0.356 e. The van der Waals surface area contributed by atoms with E-state index in [-0.39, 0.29) is 5.72 Å². The molecule has 2 rings (SSSR count). The van der Waals surface area contributed by atoms with Crippen LogP contribution in [-0.2, 0) is 10.5 Å². The zero-order valence-corrected chi connectivity index (χ0v) is 9.85. The predicted octanol–water partition coefficient (Wildman–Crippen LogP) is 2.21. The van der Waals surface area contributed by atoms with E-state index in [0.29, 0.717) is 0 Å². The highest BCUT2D eigenvalue weighted by Gasteiger charge is 2.34. The van der Waals surface area contributed by atoms with Crippen LogP contribution < -0.4 is 5.32 Å². The molecule has 1 atom stereocenters. The zero-order valence-electron chi connectivity index (χ0n) is 9.03. The maximum absolute atomic E-state index is 5.92. The SMILES string of the molecule is CCOC1(c2ccccc2)CSCCN1. The number of hydrogen-bond donors (Lipinski definition) is 1. The van der Waals surface area contributed by atoms with Gasteiger partial charge in [-0.15, -0.1) is 0 Å². The lowest BCUT2D eigenvalue weighted by Gasteiger charge is -2.38. The minimum absolute atomic E-state index is 0.265. The fourth-order valence-electron chi connectivity index (χ4n) is 1.91. The first-order chi connectivity index (χ1) is 7.37. The van der Waals surface area contributed by atoms with Gasteiger partial charge in [0.25, 0.3) is 0 Å². The van der Waals surface area contributed by atoms with Crippen LogP contribution in [0, 0.1) is 0 Å². The Bertz CT molecular complexity index is 290. The molecule has 0 spiro atoms. The summed E-state index contributed by atoms with van der Waals surface area (Å²) in [7, 11) is 0. The van der Waals surface area contributed by atoms with Crippen molar-refractivity contribution in [1.29, 1.82) is 0 Å². The van der Waals surface area contributed by atoms with Crippen molar-refractivity contribution in [3.8, 4) is 0 Å². The lowest BCUT2D eigenvalue weighted by atomic mass is 10.0. The summed E-state index contributed by atoms with van der Waals surface area (Å²) in [6.07, 6.45) is 0. The van der Waals surface area contributed by atoms with Gasteiger partial charge in [-0.1, -0.05) is 30.3 Å². The van der Waals surface area contributed by atoms with E-state index in [1.807, 2.05) is 24.8 Å². The van der Waals surface area contributed by atoms with E-state index in [1.54, 1.807) is 0 Å². The van der Waals surface area contributed by atoms with Gasteiger partial charge in [-0.3, -0.25) is 5.32 Å². The highest BCUT2D eigenvalue weighted by atomic mass is 32.2. The molecule has 1 unspecified atom stereocenters. The molecule has 1 fully saturated rings. The Morgan fingerprint density at radius 2 is 2.20 bits per heavy atom. The van der Waals surface area contributed by atoms with Gasteiger partial charge in [0.1, 0.15) is 0 Å². The summed E-state index contributed by atoms with van der Waals surface area (Å²) in [4.78, 5) is 0. The summed E-state index contributed by atoms with van der Waals surface area (Å²) < 4.78 is 5.92. The van der Waals surface area contributed by atoms with Crippen molar-refractivity contribution >= 4 is 11.8 Å². The number of thioether (sulfide) groups is 1. The monoisotopic (exact) mass is 223 g/mol. The van der Waals surface area contributed by atoms with Crippen LogP contribution in [0.2, 0.25) is 0 Å². The van der Waals surface area contributed by atoms with E-state index in [4.69, 9.17) is 4.74 Å². The van der Waals surface area contributed by atoms with Gasteiger partial charge in [0.2, 0.25) is 0 Å². The van der Waals surface area contributed by atoms with E-state index in [1.165, 1.54) is 11.3 Å². The molecule has 3 heteroatoms. The number of nitrogens with one attached hydrogen (secondary N) is 1. The fourth-order valence-corrected chi connectivity index (χ4v) is 2.94. The smallest absolute Gasteiger partial charge is 0.154 e. The van der Waals surface area contributed by atoms with Gasteiger partial charge in [0.05, 0.1) is 0 Å². The summed E-state index contributed by atoms with van der Waals surface area (Å²) in [5.41, 5.74) is 0.970. The van der Waals surface area contributed by atoms with E-state index in [0.717, 1.165) is 18.9 Å². The molecule has 0 amide bonds. The molecule has 1 aliphatic rings. The first-order valence-corrected chi connectivity index (χ1v) is 6.55. The lowest BCUT2D eigenvalue weighted by Crippen LogP contribution is -2.50. The van der Waals surface area contributed by atoms with Crippen molar-refractivity contribution in [2.45, 2.75) is 12.6 Å². The number of rotatable bonds is 3. The summed E-state index contributed by atoms with van der Waals surface area (Å²) in [5.74, 6) is 2.16. The molecule has 1 aliphatic heterocycles. The Labute approximate surface area is 95.4 Å². The molecule has 1 aromatic carbocycles. The third kappa shape index (κ3) is 2.36. The molecular formula is C12H17NOS. The van der Waals surface area contributed by atoms with Crippen LogP contribution >= 0.6 is 11.8 Å². The average molecular weight is 223 g/mol. The van der Waals surface area contributed by atoms with Crippen molar-refractivity contribution in [3.05, 3.63) is 35.9 Å². The number of ether oxygens (including phenoxy) is 1. The second kappa shape index (κ2) is 5.01. The van der Waals surface area contributed by atoms with Gasteiger partial charge in [0, 0.05) is 24.7 Å². The molecule has 0 radical (unpaired) electrons. The van der Waals surface area contributed by atoms with Gasteiger partial charge < -0.3 is 4.74 Å². The lowest BCUT2D eigenvalue weighted by molar-refractivity contribution is -0.0531. The van der Waals surface area contributed by atoms with Gasteiger partial charge >= 0.3 is 0 Å². The Balaban J connectivity index is 2.25. The molecule has 2 nitrogen and oxygen atoms in total. The Hall–Kier alpha value is -0.510. The number of benzene rings is 1. The molecule has 1 N–H and O–H groups in total. The van der Waals surface area contributed by atoms with Crippen molar-refractivity contribution in [3.63, 3.8) is 0 Å². The minimum atomic E-state index is -0.265. The quantitative estimate of drug-likeness (QED) is 0.849. The van der Waals surface area contributed by atoms with Crippen molar-refractivity contribution < 1.29 is 4.74 Å². The highest BCUT2D eigenvalue weighted by molar-refractivity contribution is 7.99. The fraction of sp³-hybridized carbons (Fsp3) is 0.500. The third-order valence-electron chi connectivity index (χ3n) is 2.59. The number of hydrogen-bond acceptors (Lipinski definition) is 3. The van der Waals surface area contributed by atoms with Gasteiger partial charge in [-0.05, 0) is 12.5 Å². The first-order valence-electron chi connectivity index (χ1n) is 5.40. The maximum Gasteiger partial charge on any atom is 0.154 e. The van der Waals surface area contributed by atoms with Gasteiger partial charge in [-0.2, -0.15) is 11.8 Å². The van der Waals surface area contributed by atoms with Crippen LogP contribution in [-0.4, -0.2) is 24.7 Å². The van der Waals surface area contributed by atoms with Crippen LogP contribution in [0.15, 0.2) is 30.3 Å². The summed E-state index contributed by atoms with van der Waals surface area (Å²) in [6.45, 7) is 3.80. The maximum atomic E-state index is 5.92. The normalized spacial score (nSPS) is 26.5. The van der Waals surface area contributed by atoms with Crippen LogP contribution in [0.3, 0.4) is 0 Å². The van der Waals surface area contributed by atoms with Crippen LogP contribution in [0.25, 0.3) is 0 Å². The molecule has 82 valence electrons. The summed E-state index contributed by atoms with van der Waals surface area (Å²) in [6, 6.07) is 10.4. The summed E-state index contributed by atoms with van der Waals surface area (Å²) >= 11 is 1.95. The molecule has 1 aromatic rings. The van der Waals surface area contributed by atoms with Crippen LogP contribution in [0.5, 0.6) is 0 Å². The van der Waals surface area contributed by atoms with Gasteiger partial charge in [-0.25, -0.2) is 0 Å². The highest BCUT2D eigenvalue weighted by Crippen LogP contribution is 2.29. The first kappa shape index (κ1) is 11.0. The van der Waals surface area contributed by atoms with Crippen molar-refractivity contribution in [1.82, 2.24) is 5.32 Å². The third-order valence-corrected chi connectivity index (χ3v) is 3.70. The molecule has 1 heterocycles.